The zero-order valence-corrected chi connectivity index (χ0v) is 11.2. The van der Waals surface area contributed by atoms with Crippen LogP contribution < -0.4 is 11.1 Å². The molecule has 0 fully saturated rings. The van der Waals surface area contributed by atoms with E-state index in [0.29, 0.717) is 6.42 Å². The minimum Gasteiger partial charge on any atom is -0.480 e. The van der Waals surface area contributed by atoms with Crippen LogP contribution in [-0.2, 0) is 14.4 Å². The quantitative estimate of drug-likeness (QED) is 0.679. The summed E-state index contributed by atoms with van der Waals surface area (Å²) in [4.78, 5) is 34.0. The first-order chi connectivity index (χ1) is 9.45. The Bertz CT molecular complexity index is 487. The molecule has 20 heavy (non-hydrogen) atoms. The summed E-state index contributed by atoms with van der Waals surface area (Å²) in [5.74, 6) is -2.93. The number of nitrogens with two attached hydrogens (primary N) is 1. The highest BCUT2D eigenvalue weighted by atomic mass is 16.4. The fourth-order valence-electron chi connectivity index (χ4n) is 1.93. The number of amides is 2. The first kappa shape index (κ1) is 15.7. The van der Waals surface area contributed by atoms with Gasteiger partial charge in [-0.2, -0.15) is 0 Å². The van der Waals surface area contributed by atoms with Gasteiger partial charge in [-0.05, 0) is 12.0 Å². The molecule has 2 atom stereocenters. The Morgan fingerprint density at radius 1 is 1.25 bits per heavy atom. The lowest BCUT2D eigenvalue weighted by Gasteiger charge is -2.19. The highest BCUT2D eigenvalue weighted by Gasteiger charge is 2.26. The summed E-state index contributed by atoms with van der Waals surface area (Å²) in [6.07, 6.45) is 0.102. The third kappa shape index (κ3) is 4.38. The van der Waals surface area contributed by atoms with Gasteiger partial charge in [0.15, 0.2) is 0 Å². The molecule has 0 aliphatic heterocycles. The maximum Gasteiger partial charge on any atom is 0.326 e. The number of carbonyl (C=O) groups is 3. The number of carboxylic acid groups (broad SMARTS) is 1. The van der Waals surface area contributed by atoms with Gasteiger partial charge in [-0.25, -0.2) is 4.79 Å². The highest BCUT2D eigenvalue weighted by Crippen LogP contribution is 2.19. The Morgan fingerprint density at radius 3 is 2.30 bits per heavy atom. The van der Waals surface area contributed by atoms with Gasteiger partial charge in [0.2, 0.25) is 11.8 Å². The van der Waals surface area contributed by atoms with Crippen molar-refractivity contribution in [3.8, 4) is 0 Å². The van der Waals surface area contributed by atoms with Crippen molar-refractivity contribution in [2.75, 3.05) is 0 Å². The number of carboxylic acids is 1. The molecule has 1 aromatic carbocycles. The van der Waals surface area contributed by atoms with Gasteiger partial charge in [-0.15, -0.1) is 0 Å². The number of rotatable bonds is 7. The number of primary amides is 1. The molecule has 0 radical (unpaired) electrons. The van der Waals surface area contributed by atoms with Crippen LogP contribution in [0.4, 0.5) is 0 Å². The SMILES string of the molecule is CCC(C(=O)N[C@H](CC(N)=O)C(=O)O)c1ccccc1. The number of hydrogen-bond donors (Lipinski definition) is 3. The van der Waals surface area contributed by atoms with E-state index in [4.69, 9.17) is 10.8 Å². The molecule has 0 heterocycles. The van der Waals surface area contributed by atoms with E-state index in [-0.39, 0.29) is 0 Å². The van der Waals surface area contributed by atoms with Crippen LogP contribution >= 0.6 is 0 Å². The van der Waals surface area contributed by atoms with Crippen molar-refractivity contribution in [1.82, 2.24) is 5.32 Å². The minimum absolute atomic E-state index is 0.424. The van der Waals surface area contributed by atoms with Crippen LogP contribution in [0.25, 0.3) is 0 Å². The third-order valence-electron chi connectivity index (χ3n) is 2.95. The van der Waals surface area contributed by atoms with Crippen LogP contribution in [0.1, 0.15) is 31.2 Å². The lowest BCUT2D eigenvalue weighted by Crippen LogP contribution is -2.45. The summed E-state index contributed by atoms with van der Waals surface area (Å²) in [7, 11) is 0. The van der Waals surface area contributed by atoms with E-state index in [9.17, 15) is 14.4 Å². The van der Waals surface area contributed by atoms with Gasteiger partial charge in [0.1, 0.15) is 6.04 Å². The lowest BCUT2D eigenvalue weighted by molar-refractivity contribution is -0.143. The molecule has 4 N–H and O–H groups in total. The second kappa shape index (κ2) is 7.28. The number of aliphatic carboxylic acids is 1. The molecule has 108 valence electrons. The number of benzene rings is 1. The Hall–Kier alpha value is -2.37. The molecule has 1 unspecified atom stereocenters. The fraction of sp³-hybridized carbons (Fsp3) is 0.357. The first-order valence-corrected chi connectivity index (χ1v) is 6.32. The van der Waals surface area contributed by atoms with Crippen molar-refractivity contribution in [2.24, 2.45) is 5.73 Å². The van der Waals surface area contributed by atoms with Crippen LogP contribution in [0.3, 0.4) is 0 Å². The fourth-order valence-corrected chi connectivity index (χ4v) is 1.93. The van der Waals surface area contributed by atoms with E-state index < -0.39 is 36.2 Å². The third-order valence-corrected chi connectivity index (χ3v) is 2.95. The maximum atomic E-state index is 12.1. The van der Waals surface area contributed by atoms with Gasteiger partial charge in [0, 0.05) is 0 Å². The van der Waals surface area contributed by atoms with E-state index in [1.807, 2.05) is 25.1 Å². The summed E-state index contributed by atoms with van der Waals surface area (Å²) in [6, 6.07) is 7.76. The zero-order valence-electron chi connectivity index (χ0n) is 11.2. The monoisotopic (exact) mass is 278 g/mol. The summed E-state index contributed by atoms with van der Waals surface area (Å²) in [6.45, 7) is 1.83. The predicted octanol–water partition coefficient (Wildman–Crippen LogP) is 0.625. The van der Waals surface area contributed by atoms with Crippen LogP contribution in [0.5, 0.6) is 0 Å². The molecular formula is C14H18N2O4. The van der Waals surface area contributed by atoms with Gasteiger partial charge < -0.3 is 16.2 Å². The Morgan fingerprint density at radius 2 is 1.85 bits per heavy atom. The second-order valence-electron chi connectivity index (χ2n) is 4.44. The first-order valence-electron chi connectivity index (χ1n) is 6.32. The maximum absolute atomic E-state index is 12.1. The molecule has 0 spiro atoms. The largest absolute Gasteiger partial charge is 0.480 e. The van der Waals surface area contributed by atoms with E-state index >= 15 is 0 Å². The van der Waals surface area contributed by atoms with Crippen molar-refractivity contribution in [3.05, 3.63) is 35.9 Å². The molecule has 0 saturated heterocycles. The second-order valence-corrected chi connectivity index (χ2v) is 4.44. The summed E-state index contributed by atoms with van der Waals surface area (Å²) in [5, 5.41) is 11.3. The number of carbonyl (C=O) groups excluding carboxylic acids is 2. The zero-order chi connectivity index (χ0) is 15.1. The van der Waals surface area contributed by atoms with Crippen molar-refractivity contribution >= 4 is 17.8 Å². The van der Waals surface area contributed by atoms with E-state index in [2.05, 4.69) is 5.32 Å². The average molecular weight is 278 g/mol. The normalized spacial score (nSPS) is 13.2. The topological polar surface area (TPSA) is 109 Å². The van der Waals surface area contributed by atoms with Gasteiger partial charge in [-0.3, -0.25) is 9.59 Å². The molecule has 0 aromatic heterocycles. The standard InChI is InChI=1S/C14H18N2O4/c1-2-10(9-6-4-3-5-7-9)13(18)16-11(14(19)20)8-12(15)17/h3-7,10-11H,2,8H2,1H3,(H2,15,17)(H,16,18)(H,19,20)/t10?,11-/m1/s1. The molecule has 0 bridgehead atoms. The molecule has 0 saturated carbocycles. The Labute approximate surface area is 117 Å². The van der Waals surface area contributed by atoms with Crippen molar-refractivity contribution in [3.63, 3.8) is 0 Å². The van der Waals surface area contributed by atoms with Crippen LogP contribution in [0, 0.1) is 0 Å². The molecule has 6 heteroatoms. The van der Waals surface area contributed by atoms with Gasteiger partial charge in [0.25, 0.3) is 0 Å². The minimum atomic E-state index is -1.29. The van der Waals surface area contributed by atoms with Crippen molar-refractivity contribution in [1.29, 1.82) is 0 Å². The molecule has 1 rings (SSSR count). The Balaban J connectivity index is 2.81. The molecule has 0 aliphatic rings. The van der Waals surface area contributed by atoms with Crippen molar-refractivity contribution < 1.29 is 19.5 Å². The highest BCUT2D eigenvalue weighted by molar-refractivity contribution is 5.90. The van der Waals surface area contributed by atoms with Crippen LogP contribution in [0.2, 0.25) is 0 Å². The smallest absolute Gasteiger partial charge is 0.326 e. The van der Waals surface area contributed by atoms with Gasteiger partial charge in [0.05, 0.1) is 12.3 Å². The number of hydrogen-bond acceptors (Lipinski definition) is 3. The summed E-state index contributed by atoms with van der Waals surface area (Å²) < 4.78 is 0. The molecule has 0 aliphatic carbocycles. The molecule has 6 nitrogen and oxygen atoms in total. The van der Waals surface area contributed by atoms with Crippen LogP contribution in [0.15, 0.2) is 30.3 Å². The van der Waals surface area contributed by atoms with Crippen molar-refractivity contribution in [2.45, 2.75) is 31.7 Å². The molecular weight excluding hydrogens is 260 g/mol. The van der Waals surface area contributed by atoms with E-state index in [1.165, 1.54) is 0 Å². The molecule has 2 amide bonds. The Kier molecular flexibility index (Phi) is 5.71. The van der Waals surface area contributed by atoms with E-state index in [0.717, 1.165) is 5.56 Å². The van der Waals surface area contributed by atoms with Gasteiger partial charge >= 0.3 is 5.97 Å². The predicted molar refractivity (Wildman–Crippen MR) is 72.9 cm³/mol. The number of nitrogens with one attached hydrogen (secondary N) is 1. The van der Waals surface area contributed by atoms with Gasteiger partial charge in [-0.1, -0.05) is 37.3 Å². The summed E-state index contributed by atoms with van der Waals surface area (Å²) in [5.41, 5.74) is 5.77. The van der Waals surface area contributed by atoms with Crippen LogP contribution in [-0.4, -0.2) is 28.9 Å². The average Bonchev–Trinajstić information content (AvgIpc) is 2.39. The summed E-state index contributed by atoms with van der Waals surface area (Å²) >= 11 is 0. The lowest BCUT2D eigenvalue weighted by atomic mass is 9.95. The molecule has 1 aromatic rings. The van der Waals surface area contributed by atoms with E-state index in [1.54, 1.807) is 12.1 Å².